The van der Waals surface area contributed by atoms with Crippen molar-refractivity contribution in [3.63, 3.8) is 0 Å². The van der Waals surface area contributed by atoms with Crippen molar-refractivity contribution in [3.05, 3.63) is 58.1 Å². The number of halogens is 5. The number of alkyl halides is 3. The van der Waals surface area contributed by atoms with Crippen LogP contribution < -0.4 is 0 Å². The summed E-state index contributed by atoms with van der Waals surface area (Å²) in [5, 5.41) is 0.174. The van der Waals surface area contributed by atoms with Crippen molar-refractivity contribution in [3.8, 4) is 11.1 Å². The topological polar surface area (TPSA) is 0 Å². The lowest BCUT2D eigenvalue weighted by Crippen LogP contribution is -2.07. The molecule has 0 amide bonds. The highest BCUT2D eigenvalue weighted by molar-refractivity contribution is 6.33. The predicted octanol–water partition coefficient (Wildman–Crippen LogP) is 5.48. The Morgan fingerprint density at radius 3 is 2.33 bits per heavy atom. The highest BCUT2D eigenvalue weighted by atomic mass is 35.5. The van der Waals surface area contributed by atoms with Gasteiger partial charge in [0.25, 0.3) is 0 Å². The fourth-order valence-corrected chi connectivity index (χ4v) is 2.01. The minimum Gasteiger partial charge on any atom is -0.166 e. The zero-order valence-electron chi connectivity index (χ0n) is 8.85. The van der Waals surface area contributed by atoms with E-state index < -0.39 is 11.7 Å². The minimum absolute atomic E-state index is 0.00579. The SMILES string of the molecule is FC(F)(F)c1cc(Cl)ccc1-c1ccc[c]c1Cl. The van der Waals surface area contributed by atoms with E-state index >= 15 is 0 Å². The summed E-state index contributed by atoms with van der Waals surface area (Å²) < 4.78 is 38.8. The van der Waals surface area contributed by atoms with E-state index in [4.69, 9.17) is 23.2 Å². The highest BCUT2D eigenvalue weighted by Gasteiger charge is 2.34. The quantitative estimate of drug-likeness (QED) is 0.652. The Hall–Kier alpha value is -1.19. The lowest BCUT2D eigenvalue weighted by Gasteiger charge is -2.14. The van der Waals surface area contributed by atoms with Crippen molar-refractivity contribution in [1.82, 2.24) is 0 Å². The standard InChI is InChI=1S/C13H6Cl2F3/c14-8-5-6-9(11(7-8)13(16,17)18)10-3-1-2-4-12(10)15/h1-3,5-7H. The smallest absolute Gasteiger partial charge is 0.166 e. The molecule has 0 heterocycles. The molecule has 0 saturated heterocycles. The van der Waals surface area contributed by atoms with Crippen molar-refractivity contribution in [1.29, 1.82) is 0 Å². The molecule has 2 aromatic carbocycles. The second-order valence-electron chi connectivity index (χ2n) is 3.59. The Kier molecular flexibility index (Phi) is 3.55. The van der Waals surface area contributed by atoms with Gasteiger partial charge >= 0.3 is 6.18 Å². The summed E-state index contributed by atoms with van der Waals surface area (Å²) in [6.45, 7) is 0. The fraction of sp³-hybridized carbons (Fsp3) is 0.0769. The van der Waals surface area contributed by atoms with Crippen LogP contribution in [0.2, 0.25) is 10.0 Å². The van der Waals surface area contributed by atoms with Crippen molar-refractivity contribution >= 4 is 23.2 Å². The summed E-state index contributed by atoms with van der Waals surface area (Å²) in [5.41, 5.74) is -0.534. The van der Waals surface area contributed by atoms with Crippen LogP contribution in [0.15, 0.2) is 36.4 Å². The Morgan fingerprint density at radius 1 is 1.00 bits per heavy atom. The lowest BCUT2D eigenvalue weighted by atomic mass is 9.99. The summed E-state index contributed by atoms with van der Waals surface area (Å²) in [6, 6.07) is 10.9. The molecule has 2 aromatic rings. The van der Waals surface area contributed by atoms with Crippen LogP contribution >= 0.6 is 23.2 Å². The first-order chi connectivity index (χ1) is 8.39. The van der Waals surface area contributed by atoms with Gasteiger partial charge in [0.15, 0.2) is 0 Å². The molecule has 0 spiro atoms. The van der Waals surface area contributed by atoms with Crippen LogP contribution in [0, 0.1) is 6.07 Å². The maximum Gasteiger partial charge on any atom is 0.417 e. The lowest BCUT2D eigenvalue weighted by molar-refractivity contribution is -0.137. The largest absolute Gasteiger partial charge is 0.417 e. The molecule has 0 N–H and O–H groups in total. The van der Waals surface area contributed by atoms with Gasteiger partial charge in [-0.1, -0.05) is 47.5 Å². The van der Waals surface area contributed by atoms with Crippen LogP contribution in [-0.2, 0) is 6.18 Å². The summed E-state index contributed by atoms with van der Waals surface area (Å²) in [6.07, 6.45) is -4.49. The molecule has 0 unspecified atom stereocenters. The number of hydrogen-bond donors (Lipinski definition) is 0. The molecule has 0 aliphatic carbocycles. The van der Waals surface area contributed by atoms with E-state index in [2.05, 4.69) is 6.07 Å². The fourth-order valence-electron chi connectivity index (χ4n) is 1.61. The van der Waals surface area contributed by atoms with E-state index in [1.165, 1.54) is 24.3 Å². The first-order valence-electron chi connectivity index (χ1n) is 4.93. The van der Waals surface area contributed by atoms with Crippen molar-refractivity contribution in [2.75, 3.05) is 0 Å². The zero-order valence-corrected chi connectivity index (χ0v) is 10.4. The molecule has 0 atom stereocenters. The molecular weight excluding hydrogens is 284 g/mol. The number of rotatable bonds is 1. The van der Waals surface area contributed by atoms with Gasteiger partial charge in [0.05, 0.1) is 10.6 Å². The Bertz CT molecular complexity index is 577. The molecule has 0 aliphatic heterocycles. The molecule has 93 valence electrons. The van der Waals surface area contributed by atoms with Gasteiger partial charge in [0, 0.05) is 16.7 Å². The van der Waals surface area contributed by atoms with Gasteiger partial charge in [-0.05, 0) is 17.7 Å². The molecule has 18 heavy (non-hydrogen) atoms. The molecule has 1 radical (unpaired) electrons. The van der Waals surface area contributed by atoms with Gasteiger partial charge in [0.1, 0.15) is 0 Å². The van der Waals surface area contributed by atoms with E-state index in [0.29, 0.717) is 0 Å². The third-order valence-corrected chi connectivity index (χ3v) is 2.93. The maximum atomic E-state index is 12.9. The zero-order chi connectivity index (χ0) is 13.3. The molecule has 0 saturated carbocycles. The third-order valence-electron chi connectivity index (χ3n) is 2.38. The number of hydrogen-bond acceptors (Lipinski definition) is 0. The predicted molar refractivity (Wildman–Crippen MR) is 65.7 cm³/mol. The van der Waals surface area contributed by atoms with Crippen LogP contribution in [-0.4, -0.2) is 0 Å². The summed E-state index contributed by atoms with van der Waals surface area (Å²) in [7, 11) is 0. The van der Waals surface area contributed by atoms with Crippen molar-refractivity contribution in [2.45, 2.75) is 6.18 Å². The van der Waals surface area contributed by atoms with Crippen LogP contribution in [0.25, 0.3) is 11.1 Å². The molecular formula is C13H6Cl2F3. The summed E-state index contributed by atoms with van der Waals surface area (Å²) in [5.74, 6) is 0. The van der Waals surface area contributed by atoms with Crippen LogP contribution in [0.5, 0.6) is 0 Å². The first-order valence-corrected chi connectivity index (χ1v) is 5.68. The molecule has 0 aromatic heterocycles. The maximum absolute atomic E-state index is 12.9. The minimum atomic E-state index is -4.49. The monoisotopic (exact) mass is 289 g/mol. The van der Waals surface area contributed by atoms with Gasteiger partial charge in [-0.3, -0.25) is 0 Å². The normalized spacial score (nSPS) is 11.6. The summed E-state index contributed by atoms with van der Waals surface area (Å²) >= 11 is 11.5. The van der Waals surface area contributed by atoms with Crippen molar-refractivity contribution < 1.29 is 13.2 Å². The third kappa shape index (κ3) is 2.62. The van der Waals surface area contributed by atoms with Gasteiger partial charge in [-0.2, -0.15) is 13.2 Å². The van der Waals surface area contributed by atoms with E-state index in [0.717, 1.165) is 6.07 Å². The molecule has 0 bridgehead atoms. The molecule has 0 nitrogen and oxygen atoms in total. The molecule has 5 heteroatoms. The Balaban J connectivity index is 2.69. The van der Waals surface area contributed by atoms with Crippen LogP contribution in [0.4, 0.5) is 13.2 Å². The van der Waals surface area contributed by atoms with E-state index in [1.807, 2.05) is 0 Å². The average molecular weight is 290 g/mol. The molecule has 0 fully saturated rings. The highest BCUT2D eigenvalue weighted by Crippen LogP contribution is 2.40. The van der Waals surface area contributed by atoms with Gasteiger partial charge in [-0.25, -0.2) is 0 Å². The average Bonchev–Trinajstić information content (AvgIpc) is 2.29. The van der Waals surface area contributed by atoms with Crippen LogP contribution in [0.1, 0.15) is 5.56 Å². The Morgan fingerprint density at radius 2 is 1.72 bits per heavy atom. The second-order valence-corrected chi connectivity index (χ2v) is 4.40. The van der Waals surface area contributed by atoms with Crippen molar-refractivity contribution in [2.24, 2.45) is 0 Å². The molecule has 0 aliphatic rings. The van der Waals surface area contributed by atoms with E-state index in [1.54, 1.807) is 6.07 Å². The van der Waals surface area contributed by atoms with E-state index in [9.17, 15) is 13.2 Å². The number of benzene rings is 2. The van der Waals surface area contributed by atoms with Gasteiger partial charge < -0.3 is 0 Å². The van der Waals surface area contributed by atoms with Gasteiger partial charge in [0.2, 0.25) is 0 Å². The first kappa shape index (κ1) is 13.2. The molecule has 2 rings (SSSR count). The van der Waals surface area contributed by atoms with Gasteiger partial charge in [-0.15, -0.1) is 0 Å². The Labute approximate surface area is 112 Å². The van der Waals surface area contributed by atoms with Crippen LogP contribution in [0.3, 0.4) is 0 Å². The second kappa shape index (κ2) is 4.82. The summed E-state index contributed by atoms with van der Waals surface area (Å²) in [4.78, 5) is 0. The van der Waals surface area contributed by atoms with E-state index in [-0.39, 0.29) is 21.2 Å².